The van der Waals surface area contributed by atoms with Gasteiger partial charge < -0.3 is 0 Å². The first-order chi connectivity index (χ1) is 10.2. The lowest BCUT2D eigenvalue weighted by molar-refractivity contribution is 0.204. The van der Waals surface area contributed by atoms with Crippen LogP contribution in [0.5, 0.6) is 0 Å². The Balaban J connectivity index is 2.12. The largest absolute Gasteiger partial charge is 0.297 e. The van der Waals surface area contributed by atoms with E-state index in [4.69, 9.17) is 0 Å². The fourth-order valence-corrected chi connectivity index (χ4v) is 4.03. The first kappa shape index (κ1) is 17.2. The number of rotatable bonds is 4. The van der Waals surface area contributed by atoms with Gasteiger partial charge in [0.1, 0.15) is 0 Å². The van der Waals surface area contributed by atoms with Crippen molar-refractivity contribution in [1.29, 1.82) is 0 Å². The molecule has 0 unspecified atom stereocenters. The maximum absolute atomic E-state index is 12.7. The van der Waals surface area contributed by atoms with E-state index in [-0.39, 0.29) is 5.41 Å². The van der Waals surface area contributed by atoms with Crippen LogP contribution in [0.1, 0.15) is 26.3 Å². The number of piperazine rings is 1. The Hall–Kier alpha value is -1.17. The normalized spacial score (nSPS) is 18.3. The molecule has 0 aromatic heterocycles. The van der Waals surface area contributed by atoms with Crippen LogP contribution in [0.25, 0.3) is 0 Å². The number of nitrogens with zero attached hydrogens (tertiary/aromatic N) is 2. The molecule has 1 aromatic carbocycles. The molecular weight excluding hydrogens is 296 g/mol. The fraction of sp³-hybridized carbons (Fsp3) is 0.529. The predicted octanol–water partition coefficient (Wildman–Crippen LogP) is 2.48. The van der Waals surface area contributed by atoms with Crippen molar-refractivity contribution >= 4 is 10.0 Å². The van der Waals surface area contributed by atoms with Crippen LogP contribution in [0, 0.1) is 0 Å². The zero-order chi connectivity index (χ0) is 16.4. The molecule has 0 radical (unpaired) electrons. The monoisotopic (exact) mass is 322 g/mol. The summed E-state index contributed by atoms with van der Waals surface area (Å²) in [5.41, 5.74) is 1.17. The summed E-state index contributed by atoms with van der Waals surface area (Å²) < 4.78 is 27.0. The van der Waals surface area contributed by atoms with Gasteiger partial charge in [-0.1, -0.05) is 39.0 Å². The predicted molar refractivity (Wildman–Crippen MR) is 90.5 cm³/mol. The second-order valence-corrected chi connectivity index (χ2v) is 8.71. The lowest BCUT2D eigenvalue weighted by Gasteiger charge is -2.33. The van der Waals surface area contributed by atoms with Gasteiger partial charge in [-0.25, -0.2) is 8.42 Å². The summed E-state index contributed by atoms with van der Waals surface area (Å²) in [6.07, 6.45) is 1.86. The van der Waals surface area contributed by atoms with Gasteiger partial charge in [0.15, 0.2) is 0 Å². The average molecular weight is 322 g/mol. The maximum Gasteiger partial charge on any atom is 0.243 e. The molecule has 0 N–H and O–H groups in total. The van der Waals surface area contributed by atoms with Crippen LogP contribution in [0.15, 0.2) is 41.8 Å². The third-order valence-electron chi connectivity index (χ3n) is 4.08. The van der Waals surface area contributed by atoms with Crippen molar-refractivity contribution in [2.75, 3.05) is 32.7 Å². The zero-order valence-corrected chi connectivity index (χ0v) is 14.6. The van der Waals surface area contributed by atoms with Crippen LogP contribution < -0.4 is 0 Å². The number of hydrogen-bond donors (Lipinski definition) is 0. The third kappa shape index (κ3) is 3.77. The van der Waals surface area contributed by atoms with E-state index in [1.165, 1.54) is 0 Å². The third-order valence-corrected chi connectivity index (χ3v) is 5.99. The van der Waals surface area contributed by atoms with E-state index in [9.17, 15) is 8.42 Å². The minimum absolute atomic E-state index is 0.0264. The highest BCUT2D eigenvalue weighted by molar-refractivity contribution is 7.89. The summed E-state index contributed by atoms with van der Waals surface area (Å²) in [6.45, 7) is 13.5. The first-order valence-electron chi connectivity index (χ1n) is 7.69. The van der Waals surface area contributed by atoms with E-state index < -0.39 is 10.0 Å². The summed E-state index contributed by atoms with van der Waals surface area (Å²) in [5, 5.41) is 0. The van der Waals surface area contributed by atoms with Crippen LogP contribution in [-0.2, 0) is 15.4 Å². The van der Waals surface area contributed by atoms with Crippen LogP contribution in [-0.4, -0.2) is 50.3 Å². The second kappa shape index (κ2) is 6.52. The molecule has 22 heavy (non-hydrogen) atoms. The molecule has 0 aliphatic carbocycles. The number of hydrogen-bond acceptors (Lipinski definition) is 3. The Morgan fingerprint density at radius 1 is 1.09 bits per heavy atom. The molecule has 1 saturated heterocycles. The molecule has 1 fully saturated rings. The van der Waals surface area contributed by atoms with Crippen molar-refractivity contribution in [3.05, 3.63) is 42.5 Å². The van der Waals surface area contributed by atoms with Crippen molar-refractivity contribution in [3.63, 3.8) is 0 Å². The minimum atomic E-state index is -3.38. The van der Waals surface area contributed by atoms with Crippen molar-refractivity contribution in [3.8, 4) is 0 Å². The molecule has 122 valence electrons. The van der Waals surface area contributed by atoms with Gasteiger partial charge in [0, 0.05) is 32.7 Å². The van der Waals surface area contributed by atoms with Gasteiger partial charge in [-0.3, -0.25) is 4.90 Å². The van der Waals surface area contributed by atoms with E-state index in [0.29, 0.717) is 18.0 Å². The first-order valence-corrected chi connectivity index (χ1v) is 9.13. The molecule has 0 spiro atoms. The minimum Gasteiger partial charge on any atom is -0.297 e. The van der Waals surface area contributed by atoms with Gasteiger partial charge in [0.2, 0.25) is 10.0 Å². The van der Waals surface area contributed by atoms with Crippen molar-refractivity contribution in [2.24, 2.45) is 0 Å². The molecule has 2 rings (SSSR count). The molecule has 5 heteroatoms. The molecule has 1 aromatic rings. The second-order valence-electron chi connectivity index (χ2n) is 6.77. The Morgan fingerprint density at radius 2 is 1.64 bits per heavy atom. The fourth-order valence-electron chi connectivity index (χ4n) is 2.61. The van der Waals surface area contributed by atoms with Crippen molar-refractivity contribution in [2.45, 2.75) is 31.1 Å². The molecule has 4 nitrogen and oxygen atoms in total. The molecule has 1 aliphatic heterocycles. The van der Waals surface area contributed by atoms with Crippen LogP contribution in [0.4, 0.5) is 0 Å². The van der Waals surface area contributed by atoms with Crippen LogP contribution >= 0.6 is 0 Å². The van der Waals surface area contributed by atoms with E-state index in [0.717, 1.165) is 25.2 Å². The maximum atomic E-state index is 12.7. The van der Waals surface area contributed by atoms with E-state index in [1.54, 1.807) is 16.4 Å². The molecule has 1 heterocycles. The van der Waals surface area contributed by atoms with E-state index in [1.807, 2.05) is 18.2 Å². The van der Waals surface area contributed by atoms with Crippen LogP contribution in [0.3, 0.4) is 0 Å². The topological polar surface area (TPSA) is 40.6 Å². The molecule has 0 saturated carbocycles. The Labute approximate surface area is 134 Å². The van der Waals surface area contributed by atoms with Gasteiger partial charge in [0.05, 0.1) is 4.90 Å². The highest BCUT2D eigenvalue weighted by Gasteiger charge is 2.28. The van der Waals surface area contributed by atoms with Crippen molar-refractivity contribution < 1.29 is 8.42 Å². The zero-order valence-electron chi connectivity index (χ0n) is 13.7. The molecule has 0 atom stereocenters. The van der Waals surface area contributed by atoms with E-state index >= 15 is 0 Å². The Bertz CT molecular complexity index is 607. The smallest absolute Gasteiger partial charge is 0.243 e. The highest BCUT2D eigenvalue weighted by atomic mass is 32.2. The lowest BCUT2D eigenvalue weighted by Crippen LogP contribution is -2.48. The van der Waals surface area contributed by atoms with Gasteiger partial charge in [-0.2, -0.15) is 4.31 Å². The highest BCUT2D eigenvalue weighted by Crippen LogP contribution is 2.25. The SMILES string of the molecule is C=CCN1CCN(S(=O)(=O)c2ccc(C(C)(C)C)cc2)CC1. The van der Waals surface area contributed by atoms with Gasteiger partial charge >= 0.3 is 0 Å². The lowest BCUT2D eigenvalue weighted by atomic mass is 9.87. The van der Waals surface area contributed by atoms with Crippen LogP contribution in [0.2, 0.25) is 0 Å². The van der Waals surface area contributed by atoms with Gasteiger partial charge in [-0.05, 0) is 23.1 Å². The number of benzene rings is 1. The molecule has 0 amide bonds. The molecule has 1 aliphatic rings. The average Bonchev–Trinajstić information content (AvgIpc) is 2.47. The standard InChI is InChI=1S/C17H26N2O2S/c1-5-10-18-11-13-19(14-12-18)22(20,21)16-8-6-15(7-9-16)17(2,3)4/h5-9H,1,10-14H2,2-4H3. The molecule has 0 bridgehead atoms. The van der Waals surface area contributed by atoms with Gasteiger partial charge in [0.25, 0.3) is 0 Å². The quantitative estimate of drug-likeness (QED) is 0.800. The Kier molecular flexibility index (Phi) is 5.10. The summed E-state index contributed by atoms with van der Waals surface area (Å²) >= 11 is 0. The molecular formula is C17H26N2O2S. The van der Waals surface area contributed by atoms with Gasteiger partial charge in [-0.15, -0.1) is 6.58 Å². The van der Waals surface area contributed by atoms with Crippen molar-refractivity contribution in [1.82, 2.24) is 9.21 Å². The summed E-state index contributed by atoms with van der Waals surface area (Å²) in [6, 6.07) is 7.29. The summed E-state index contributed by atoms with van der Waals surface area (Å²) in [7, 11) is -3.38. The Morgan fingerprint density at radius 3 is 2.09 bits per heavy atom. The van der Waals surface area contributed by atoms with E-state index in [2.05, 4.69) is 32.3 Å². The summed E-state index contributed by atoms with van der Waals surface area (Å²) in [5.74, 6) is 0. The summed E-state index contributed by atoms with van der Waals surface area (Å²) in [4.78, 5) is 2.60. The number of sulfonamides is 1.